The van der Waals surface area contributed by atoms with E-state index in [2.05, 4.69) is 74.6 Å². The lowest BCUT2D eigenvalue weighted by atomic mass is 10.00. The van der Waals surface area contributed by atoms with E-state index in [1.165, 1.54) is 25.7 Å². The molecule has 0 aromatic heterocycles. The van der Waals surface area contributed by atoms with E-state index < -0.39 is 71.2 Å². The third kappa shape index (κ3) is 32.3. The van der Waals surface area contributed by atoms with Crippen LogP contribution in [-0.2, 0) is 38.7 Å². The Bertz CT molecular complexity index is 1510. The van der Waals surface area contributed by atoms with Crippen LogP contribution in [0.25, 0.3) is 0 Å². The summed E-state index contributed by atoms with van der Waals surface area (Å²) in [6, 6.07) is 0. The molecule has 1 saturated heterocycles. The van der Waals surface area contributed by atoms with Gasteiger partial charge in [-0.25, -0.2) is 0 Å². The molecule has 1 aliphatic heterocycles. The van der Waals surface area contributed by atoms with E-state index in [1.807, 2.05) is 36.5 Å². The van der Waals surface area contributed by atoms with Crippen molar-refractivity contribution in [1.82, 2.24) is 0 Å². The van der Waals surface area contributed by atoms with Crippen LogP contribution in [0.1, 0.15) is 142 Å². The van der Waals surface area contributed by atoms with Crippen LogP contribution in [-0.4, -0.2) is 96.0 Å². The van der Waals surface area contributed by atoms with Crippen LogP contribution in [0.4, 0.5) is 0 Å². The lowest BCUT2D eigenvalue weighted by molar-refractivity contribution is -0.297. The Hall–Kier alpha value is -3.43. The number of aliphatic hydroxyl groups excluding tert-OH is 3. The molecule has 4 N–H and O–H groups in total. The Kier molecular flexibility index (Phi) is 34.7. The van der Waals surface area contributed by atoms with Crippen molar-refractivity contribution in [1.29, 1.82) is 0 Å². The number of unbranched alkanes of at least 4 members (excludes halogenated alkanes) is 11. The fourth-order valence-corrected chi connectivity index (χ4v) is 6.89. The molecule has 13 heteroatoms. The molecule has 12 nitrogen and oxygen atoms in total. The number of carbonyl (C=O) groups is 2. The average molecular weight is 891 g/mol. The Morgan fingerprint density at radius 1 is 0.581 bits per heavy atom. The quantitative estimate of drug-likeness (QED) is 0.0154. The smallest absolute Gasteiger partial charge is 0.306 e. The van der Waals surface area contributed by atoms with Crippen molar-refractivity contribution >= 4 is 22.1 Å². The van der Waals surface area contributed by atoms with Crippen molar-refractivity contribution in [2.75, 3.05) is 19.0 Å². The van der Waals surface area contributed by atoms with Crippen LogP contribution in [0.5, 0.6) is 0 Å². The molecule has 0 radical (unpaired) electrons. The third-order valence-electron chi connectivity index (χ3n) is 9.74. The first kappa shape index (κ1) is 56.6. The molecule has 1 aliphatic rings. The van der Waals surface area contributed by atoms with Crippen molar-refractivity contribution in [2.24, 2.45) is 0 Å². The van der Waals surface area contributed by atoms with Gasteiger partial charge in [-0.2, -0.15) is 8.42 Å². The Labute approximate surface area is 373 Å². The number of hydrogen-bond donors (Lipinski definition) is 4. The van der Waals surface area contributed by atoms with Gasteiger partial charge in [0.15, 0.2) is 12.4 Å². The molecular weight excluding hydrogens is 813 g/mol. The normalized spacial score (nSPS) is 20.8. The van der Waals surface area contributed by atoms with E-state index in [0.717, 1.165) is 77.0 Å². The van der Waals surface area contributed by atoms with Crippen molar-refractivity contribution < 1.29 is 56.8 Å². The Morgan fingerprint density at radius 3 is 1.68 bits per heavy atom. The van der Waals surface area contributed by atoms with Gasteiger partial charge in [0.05, 0.1) is 6.61 Å². The maximum atomic E-state index is 12.8. The van der Waals surface area contributed by atoms with Crippen LogP contribution in [0, 0.1) is 0 Å². The van der Waals surface area contributed by atoms with Crippen molar-refractivity contribution in [2.45, 2.75) is 179 Å². The summed E-state index contributed by atoms with van der Waals surface area (Å²) < 4.78 is 54.0. The topological polar surface area (TPSA) is 186 Å². The summed E-state index contributed by atoms with van der Waals surface area (Å²) in [5.41, 5.74) is 0. The molecule has 1 rings (SSSR count). The summed E-state index contributed by atoms with van der Waals surface area (Å²) in [4.78, 5) is 25.4. The zero-order valence-electron chi connectivity index (χ0n) is 37.4. The lowest BCUT2D eigenvalue weighted by Gasteiger charge is -2.40. The summed E-state index contributed by atoms with van der Waals surface area (Å²) in [6.45, 7) is 3.52. The highest BCUT2D eigenvalue weighted by Crippen LogP contribution is 2.24. The van der Waals surface area contributed by atoms with E-state index in [4.69, 9.17) is 18.9 Å². The minimum Gasteiger partial charge on any atom is -0.462 e. The molecule has 0 bridgehead atoms. The number of ether oxygens (including phenoxy) is 4. The summed E-state index contributed by atoms with van der Waals surface area (Å²) >= 11 is 0. The maximum absolute atomic E-state index is 12.8. The molecule has 0 aromatic carbocycles. The van der Waals surface area contributed by atoms with Crippen LogP contribution < -0.4 is 0 Å². The number of esters is 2. The van der Waals surface area contributed by atoms with Gasteiger partial charge in [0.25, 0.3) is 10.1 Å². The minimum absolute atomic E-state index is 0.108. The number of allylic oxidation sites excluding steroid dienone is 16. The fourth-order valence-electron chi connectivity index (χ4n) is 6.20. The second kappa shape index (κ2) is 38.1. The molecule has 0 aliphatic carbocycles. The zero-order valence-corrected chi connectivity index (χ0v) is 38.2. The van der Waals surface area contributed by atoms with Gasteiger partial charge in [-0.05, 0) is 77.0 Å². The molecule has 1 fully saturated rings. The van der Waals surface area contributed by atoms with E-state index >= 15 is 0 Å². The van der Waals surface area contributed by atoms with Crippen molar-refractivity contribution in [3.05, 3.63) is 97.2 Å². The van der Waals surface area contributed by atoms with E-state index in [9.17, 15) is 37.9 Å². The number of aliphatic hydroxyl groups is 3. The van der Waals surface area contributed by atoms with Crippen LogP contribution in [0.3, 0.4) is 0 Å². The molecule has 1 heterocycles. The molecule has 0 saturated carbocycles. The summed E-state index contributed by atoms with van der Waals surface area (Å²) in [5, 5.41) is 30.9. The summed E-state index contributed by atoms with van der Waals surface area (Å²) in [5.74, 6) is -2.08. The van der Waals surface area contributed by atoms with Gasteiger partial charge in [0.1, 0.15) is 36.8 Å². The fraction of sp³-hybridized carbons (Fsp3) is 0.633. The molecule has 0 aromatic rings. The van der Waals surface area contributed by atoms with Crippen LogP contribution >= 0.6 is 0 Å². The monoisotopic (exact) mass is 891 g/mol. The van der Waals surface area contributed by atoms with Gasteiger partial charge in [-0.15, -0.1) is 0 Å². The Balaban J connectivity index is 2.46. The van der Waals surface area contributed by atoms with Crippen molar-refractivity contribution in [3.63, 3.8) is 0 Å². The minimum atomic E-state index is -4.62. The van der Waals surface area contributed by atoms with Crippen LogP contribution in [0.2, 0.25) is 0 Å². The predicted molar refractivity (Wildman–Crippen MR) is 247 cm³/mol. The first-order valence-corrected chi connectivity index (χ1v) is 24.5. The van der Waals surface area contributed by atoms with Gasteiger partial charge < -0.3 is 34.3 Å². The van der Waals surface area contributed by atoms with Gasteiger partial charge in [0.2, 0.25) is 0 Å². The first-order chi connectivity index (χ1) is 30.0. The molecular formula is C49H78O12S. The highest BCUT2D eigenvalue weighted by molar-refractivity contribution is 7.85. The highest BCUT2D eigenvalue weighted by Gasteiger charge is 2.46. The second-order valence-electron chi connectivity index (χ2n) is 15.4. The van der Waals surface area contributed by atoms with E-state index in [0.29, 0.717) is 12.8 Å². The van der Waals surface area contributed by atoms with Gasteiger partial charge in [-0.1, -0.05) is 150 Å². The summed E-state index contributed by atoms with van der Waals surface area (Å²) in [6.07, 6.45) is 41.7. The van der Waals surface area contributed by atoms with Gasteiger partial charge in [-0.3, -0.25) is 14.1 Å². The molecule has 0 amide bonds. The SMILES string of the molecule is CC/C=C/C=C/C=C/C=C/CCCCCC(=O)OC(COC(=O)CCCCCCC/C=C/C/C=C/C/C=C/C/C=C/CCCCC)CO[C@H]1O[C@H](CS(=O)(=O)O)[C@@H](O)C(O)C1O. The van der Waals surface area contributed by atoms with Crippen LogP contribution in [0.15, 0.2) is 97.2 Å². The first-order valence-electron chi connectivity index (χ1n) is 22.8. The number of rotatable bonds is 36. The molecule has 62 heavy (non-hydrogen) atoms. The van der Waals surface area contributed by atoms with Gasteiger partial charge >= 0.3 is 11.9 Å². The molecule has 6 atom stereocenters. The predicted octanol–water partition coefficient (Wildman–Crippen LogP) is 9.44. The highest BCUT2D eigenvalue weighted by atomic mass is 32.2. The van der Waals surface area contributed by atoms with Gasteiger partial charge in [0, 0.05) is 12.8 Å². The third-order valence-corrected chi connectivity index (χ3v) is 10.5. The van der Waals surface area contributed by atoms with Crippen molar-refractivity contribution in [3.8, 4) is 0 Å². The number of carbonyl (C=O) groups excluding carboxylic acids is 2. The maximum Gasteiger partial charge on any atom is 0.306 e. The summed E-state index contributed by atoms with van der Waals surface area (Å²) in [7, 11) is -4.62. The van der Waals surface area contributed by atoms with E-state index in [1.54, 1.807) is 0 Å². The Morgan fingerprint density at radius 2 is 1.08 bits per heavy atom. The van der Waals surface area contributed by atoms with E-state index in [-0.39, 0.29) is 19.4 Å². The molecule has 352 valence electrons. The second-order valence-corrected chi connectivity index (χ2v) is 16.9. The lowest BCUT2D eigenvalue weighted by Crippen LogP contribution is -2.60. The average Bonchev–Trinajstić information content (AvgIpc) is 3.24. The number of hydrogen-bond acceptors (Lipinski definition) is 11. The molecule has 3 unspecified atom stereocenters. The molecule has 0 spiro atoms. The largest absolute Gasteiger partial charge is 0.462 e. The zero-order chi connectivity index (χ0) is 45.5. The standard InChI is InChI=1S/C49H78O12S/c1-3-5-7-9-11-13-15-17-18-19-20-21-22-23-24-26-27-29-31-33-35-37-44(50)58-39-42(40-59-49-48(54)47(53)46(52)43(61-49)41-62(55,56)57)60-45(51)38-36-34-32-30-28-25-16-14-12-10-8-6-4-2/h6,8,10-14,16-18,20-21,23-25,28,42-43,46-49,52-54H,3-5,7,9,15,19,22,26-27,29-41H2,1-2H3,(H,55,56,57)/b8-6+,12-10+,13-11+,16-14+,18-17+,21-20+,24-23+,28-25+/t42?,43-,46-,47?,48?,49+/m1/s1.